The van der Waals surface area contributed by atoms with Gasteiger partial charge in [-0.2, -0.15) is 0 Å². The molecular formula is C21H25NO4. The number of carbonyl (C=O) groups excluding carboxylic acids is 2. The predicted octanol–water partition coefficient (Wildman–Crippen LogP) is 3.43. The first kappa shape index (κ1) is 19.7. The molecule has 2 atom stereocenters. The standard InChI is InChI=1S/C21H25NO4/c1-21(2,20(24)26-4)18(16-13-9-6-10-14-16)22-17(19(23)25-3)15-11-7-5-8-12-15/h5-14,17-18,22H,1-4H3/t17-,18+/m0/s1. The lowest BCUT2D eigenvalue weighted by atomic mass is 9.79. The zero-order chi connectivity index (χ0) is 19.2. The highest BCUT2D eigenvalue weighted by atomic mass is 16.5. The third-order valence-corrected chi connectivity index (χ3v) is 4.47. The van der Waals surface area contributed by atoms with Crippen LogP contribution in [0.2, 0.25) is 0 Å². The Morgan fingerprint density at radius 1 is 0.846 bits per heavy atom. The third-order valence-electron chi connectivity index (χ3n) is 4.47. The van der Waals surface area contributed by atoms with E-state index in [1.54, 1.807) is 13.8 Å². The second kappa shape index (κ2) is 8.63. The number of hydrogen-bond donors (Lipinski definition) is 1. The Balaban J connectivity index is 2.47. The molecule has 0 aromatic heterocycles. The van der Waals surface area contributed by atoms with Crippen LogP contribution in [0.4, 0.5) is 0 Å². The number of methoxy groups -OCH3 is 2. The molecule has 0 bridgehead atoms. The average molecular weight is 355 g/mol. The van der Waals surface area contributed by atoms with Crippen LogP contribution in [0.5, 0.6) is 0 Å². The van der Waals surface area contributed by atoms with Crippen molar-refractivity contribution in [2.24, 2.45) is 5.41 Å². The summed E-state index contributed by atoms with van der Waals surface area (Å²) < 4.78 is 9.98. The van der Waals surface area contributed by atoms with Crippen LogP contribution in [0, 0.1) is 5.41 Å². The van der Waals surface area contributed by atoms with Crippen molar-refractivity contribution in [2.45, 2.75) is 25.9 Å². The molecule has 2 rings (SSSR count). The first-order valence-corrected chi connectivity index (χ1v) is 8.44. The van der Waals surface area contributed by atoms with Crippen LogP contribution in [-0.4, -0.2) is 26.2 Å². The fourth-order valence-electron chi connectivity index (χ4n) is 2.98. The van der Waals surface area contributed by atoms with Crippen LogP contribution in [0.15, 0.2) is 60.7 Å². The summed E-state index contributed by atoms with van der Waals surface area (Å²) >= 11 is 0. The quantitative estimate of drug-likeness (QED) is 0.771. The molecule has 138 valence electrons. The third kappa shape index (κ3) is 4.29. The van der Waals surface area contributed by atoms with E-state index in [0.29, 0.717) is 0 Å². The van der Waals surface area contributed by atoms with Crippen LogP contribution in [0.3, 0.4) is 0 Å². The summed E-state index contributed by atoms with van der Waals surface area (Å²) in [6, 6.07) is 17.7. The maximum absolute atomic E-state index is 12.4. The molecule has 0 unspecified atom stereocenters. The fraction of sp³-hybridized carbons (Fsp3) is 0.333. The number of ether oxygens (including phenoxy) is 2. The van der Waals surface area contributed by atoms with Crippen molar-refractivity contribution in [2.75, 3.05) is 14.2 Å². The molecule has 5 heteroatoms. The van der Waals surface area contributed by atoms with Crippen LogP contribution in [0.25, 0.3) is 0 Å². The molecule has 2 aromatic rings. The van der Waals surface area contributed by atoms with Crippen molar-refractivity contribution in [3.63, 3.8) is 0 Å². The number of rotatable bonds is 7. The summed E-state index contributed by atoms with van der Waals surface area (Å²) in [7, 11) is 2.71. The van der Waals surface area contributed by atoms with Crippen molar-refractivity contribution in [3.05, 3.63) is 71.8 Å². The van der Waals surface area contributed by atoms with E-state index in [-0.39, 0.29) is 5.97 Å². The van der Waals surface area contributed by atoms with Crippen LogP contribution >= 0.6 is 0 Å². The minimum absolute atomic E-state index is 0.365. The second-order valence-corrected chi connectivity index (χ2v) is 6.59. The van der Waals surface area contributed by atoms with Crippen molar-refractivity contribution < 1.29 is 19.1 Å². The highest BCUT2D eigenvalue weighted by Crippen LogP contribution is 2.36. The van der Waals surface area contributed by atoms with Gasteiger partial charge in [0, 0.05) is 6.04 Å². The SMILES string of the molecule is COC(=O)[C@@H](N[C@H](c1ccccc1)C(C)(C)C(=O)OC)c1ccccc1. The highest BCUT2D eigenvalue weighted by Gasteiger charge is 2.41. The summed E-state index contributed by atoms with van der Waals surface area (Å²) in [4.78, 5) is 24.9. The number of esters is 2. The molecule has 0 saturated heterocycles. The van der Waals surface area contributed by atoms with Gasteiger partial charge >= 0.3 is 11.9 Å². The molecule has 1 N–H and O–H groups in total. The Morgan fingerprint density at radius 3 is 1.81 bits per heavy atom. The molecule has 0 spiro atoms. The molecule has 0 aliphatic carbocycles. The number of benzene rings is 2. The molecule has 0 fully saturated rings. The molecule has 26 heavy (non-hydrogen) atoms. The van der Waals surface area contributed by atoms with Gasteiger partial charge in [0.2, 0.25) is 0 Å². The molecule has 0 radical (unpaired) electrons. The molecule has 0 aliphatic heterocycles. The van der Waals surface area contributed by atoms with Gasteiger partial charge in [-0.05, 0) is 25.0 Å². The smallest absolute Gasteiger partial charge is 0.327 e. The molecular weight excluding hydrogens is 330 g/mol. The predicted molar refractivity (Wildman–Crippen MR) is 99.3 cm³/mol. The molecule has 2 aromatic carbocycles. The number of hydrogen-bond acceptors (Lipinski definition) is 5. The molecule has 0 aliphatic rings. The van der Waals surface area contributed by atoms with E-state index in [4.69, 9.17) is 9.47 Å². The highest BCUT2D eigenvalue weighted by molar-refractivity contribution is 5.79. The summed E-state index contributed by atoms with van der Waals surface area (Å²) in [5.41, 5.74) is 0.741. The Kier molecular flexibility index (Phi) is 6.52. The summed E-state index contributed by atoms with van der Waals surface area (Å²) in [5.74, 6) is -0.784. The number of nitrogens with one attached hydrogen (secondary N) is 1. The molecule has 0 amide bonds. The van der Waals surface area contributed by atoms with Gasteiger partial charge in [-0.1, -0.05) is 60.7 Å². The first-order chi connectivity index (χ1) is 12.4. The van der Waals surface area contributed by atoms with Gasteiger partial charge in [0.1, 0.15) is 6.04 Å². The lowest BCUT2D eigenvalue weighted by Crippen LogP contribution is -2.44. The van der Waals surface area contributed by atoms with Crippen molar-refractivity contribution in [1.29, 1.82) is 0 Å². The van der Waals surface area contributed by atoms with Gasteiger partial charge in [0.05, 0.1) is 19.6 Å². The Morgan fingerprint density at radius 2 is 1.35 bits per heavy atom. The average Bonchev–Trinajstić information content (AvgIpc) is 2.68. The van der Waals surface area contributed by atoms with Gasteiger partial charge in [0.15, 0.2) is 0 Å². The Labute approximate surface area is 154 Å². The van der Waals surface area contributed by atoms with E-state index < -0.39 is 23.5 Å². The van der Waals surface area contributed by atoms with Gasteiger partial charge in [0.25, 0.3) is 0 Å². The maximum atomic E-state index is 12.4. The van der Waals surface area contributed by atoms with Crippen molar-refractivity contribution >= 4 is 11.9 Å². The maximum Gasteiger partial charge on any atom is 0.327 e. The van der Waals surface area contributed by atoms with Gasteiger partial charge < -0.3 is 9.47 Å². The van der Waals surface area contributed by atoms with Crippen LogP contribution in [0.1, 0.15) is 37.1 Å². The summed E-state index contributed by atoms with van der Waals surface area (Å²) in [5, 5.41) is 3.32. The van der Waals surface area contributed by atoms with Gasteiger partial charge in [-0.15, -0.1) is 0 Å². The monoisotopic (exact) mass is 355 g/mol. The Hall–Kier alpha value is -2.66. The lowest BCUT2D eigenvalue weighted by molar-refractivity contribution is -0.154. The minimum Gasteiger partial charge on any atom is -0.469 e. The second-order valence-electron chi connectivity index (χ2n) is 6.59. The normalized spacial score (nSPS) is 13.5. The number of carbonyl (C=O) groups is 2. The fourth-order valence-corrected chi connectivity index (χ4v) is 2.98. The summed E-state index contributed by atoms with van der Waals surface area (Å²) in [6.45, 7) is 3.59. The van der Waals surface area contributed by atoms with E-state index in [9.17, 15) is 9.59 Å². The van der Waals surface area contributed by atoms with Crippen molar-refractivity contribution in [1.82, 2.24) is 5.32 Å². The van der Waals surface area contributed by atoms with Crippen LogP contribution < -0.4 is 5.32 Å². The van der Waals surface area contributed by atoms with E-state index in [0.717, 1.165) is 11.1 Å². The van der Waals surface area contributed by atoms with E-state index in [1.807, 2.05) is 60.7 Å². The molecule has 0 heterocycles. The van der Waals surface area contributed by atoms with E-state index in [1.165, 1.54) is 14.2 Å². The lowest BCUT2D eigenvalue weighted by Gasteiger charge is -2.35. The Bertz CT molecular complexity index is 728. The van der Waals surface area contributed by atoms with Crippen molar-refractivity contribution in [3.8, 4) is 0 Å². The molecule has 5 nitrogen and oxygen atoms in total. The van der Waals surface area contributed by atoms with Gasteiger partial charge in [-0.3, -0.25) is 10.1 Å². The van der Waals surface area contributed by atoms with Gasteiger partial charge in [-0.25, -0.2) is 4.79 Å². The first-order valence-electron chi connectivity index (χ1n) is 8.44. The topological polar surface area (TPSA) is 64.6 Å². The van der Waals surface area contributed by atoms with Crippen LogP contribution in [-0.2, 0) is 19.1 Å². The largest absolute Gasteiger partial charge is 0.469 e. The van der Waals surface area contributed by atoms with E-state index in [2.05, 4.69) is 5.32 Å². The molecule has 0 saturated carbocycles. The zero-order valence-electron chi connectivity index (χ0n) is 15.6. The summed E-state index contributed by atoms with van der Waals surface area (Å²) in [6.07, 6.45) is 0. The zero-order valence-corrected chi connectivity index (χ0v) is 15.6. The van der Waals surface area contributed by atoms with E-state index >= 15 is 0 Å². The minimum atomic E-state index is -0.906.